The Kier molecular flexibility index (Phi) is 7.01. The van der Waals surface area contributed by atoms with Gasteiger partial charge < -0.3 is 21.1 Å². The van der Waals surface area contributed by atoms with Gasteiger partial charge in [-0.05, 0) is 48.9 Å². The SMILES string of the molecule is C[C@@H](Oc1ccccc1C(=O)NCc1ccccc1)C(=O)Nc1ccc(C(N)=O)cc1. The van der Waals surface area contributed by atoms with Crippen LogP contribution in [0.1, 0.15) is 33.2 Å². The van der Waals surface area contributed by atoms with E-state index in [0.29, 0.717) is 29.1 Å². The lowest BCUT2D eigenvalue weighted by Crippen LogP contribution is -2.31. The molecule has 0 aliphatic heterocycles. The van der Waals surface area contributed by atoms with E-state index in [-0.39, 0.29) is 5.91 Å². The summed E-state index contributed by atoms with van der Waals surface area (Å²) < 4.78 is 5.77. The molecule has 1 atom stereocenters. The highest BCUT2D eigenvalue weighted by Gasteiger charge is 2.19. The molecule has 3 aromatic rings. The Bertz CT molecular complexity index is 1070. The van der Waals surface area contributed by atoms with Gasteiger partial charge in [0.25, 0.3) is 11.8 Å². The van der Waals surface area contributed by atoms with Crippen LogP contribution in [0.5, 0.6) is 5.75 Å². The molecule has 158 valence electrons. The van der Waals surface area contributed by atoms with Crippen molar-refractivity contribution in [1.82, 2.24) is 5.32 Å². The van der Waals surface area contributed by atoms with Gasteiger partial charge in [0.15, 0.2) is 6.10 Å². The van der Waals surface area contributed by atoms with Gasteiger partial charge in [0.1, 0.15) is 5.75 Å². The van der Waals surface area contributed by atoms with Crippen LogP contribution in [0.25, 0.3) is 0 Å². The summed E-state index contributed by atoms with van der Waals surface area (Å²) in [7, 11) is 0. The topological polar surface area (TPSA) is 111 Å². The van der Waals surface area contributed by atoms with Crippen molar-refractivity contribution in [2.45, 2.75) is 19.6 Å². The van der Waals surface area contributed by atoms with E-state index in [0.717, 1.165) is 5.56 Å². The van der Waals surface area contributed by atoms with Gasteiger partial charge in [-0.3, -0.25) is 14.4 Å². The first kappa shape index (κ1) is 21.6. The van der Waals surface area contributed by atoms with Crippen LogP contribution in [0.4, 0.5) is 5.69 Å². The molecule has 3 rings (SSSR count). The number of benzene rings is 3. The molecule has 0 heterocycles. The van der Waals surface area contributed by atoms with Gasteiger partial charge in [-0.25, -0.2) is 0 Å². The zero-order valence-electron chi connectivity index (χ0n) is 17.0. The zero-order valence-corrected chi connectivity index (χ0v) is 17.0. The zero-order chi connectivity index (χ0) is 22.2. The number of anilines is 1. The van der Waals surface area contributed by atoms with Gasteiger partial charge in [0.05, 0.1) is 5.56 Å². The molecular weight excluding hydrogens is 394 g/mol. The summed E-state index contributed by atoms with van der Waals surface area (Å²) in [6, 6.07) is 22.5. The summed E-state index contributed by atoms with van der Waals surface area (Å²) in [5.74, 6) is -0.933. The Labute approximate surface area is 180 Å². The normalized spacial score (nSPS) is 11.3. The molecule has 7 heteroatoms. The number of ether oxygens (including phenoxy) is 1. The molecule has 0 spiro atoms. The average Bonchev–Trinajstić information content (AvgIpc) is 2.79. The lowest BCUT2D eigenvalue weighted by atomic mass is 10.1. The van der Waals surface area contributed by atoms with Gasteiger partial charge in [-0.15, -0.1) is 0 Å². The summed E-state index contributed by atoms with van der Waals surface area (Å²) in [6.45, 7) is 1.97. The number of rotatable bonds is 8. The fraction of sp³-hybridized carbons (Fsp3) is 0.125. The maximum absolute atomic E-state index is 12.6. The number of amides is 3. The number of nitrogens with one attached hydrogen (secondary N) is 2. The first-order valence-corrected chi connectivity index (χ1v) is 9.72. The van der Waals surface area contributed by atoms with Crippen molar-refractivity contribution in [1.29, 1.82) is 0 Å². The van der Waals surface area contributed by atoms with Crippen LogP contribution in [0.15, 0.2) is 78.9 Å². The van der Waals surface area contributed by atoms with Crippen LogP contribution in [0.3, 0.4) is 0 Å². The summed E-state index contributed by atoms with van der Waals surface area (Å²) in [6.07, 6.45) is -0.862. The number of hydrogen-bond acceptors (Lipinski definition) is 4. The molecule has 0 aliphatic rings. The van der Waals surface area contributed by atoms with E-state index in [1.165, 1.54) is 12.1 Å². The molecule has 0 saturated heterocycles. The quantitative estimate of drug-likeness (QED) is 0.523. The average molecular weight is 417 g/mol. The summed E-state index contributed by atoms with van der Waals surface area (Å²) in [5.41, 5.74) is 7.37. The molecule has 0 unspecified atom stereocenters. The summed E-state index contributed by atoms with van der Waals surface area (Å²) >= 11 is 0. The summed E-state index contributed by atoms with van der Waals surface area (Å²) in [5, 5.41) is 5.56. The minimum absolute atomic E-state index is 0.297. The lowest BCUT2D eigenvalue weighted by Gasteiger charge is -2.17. The third kappa shape index (κ3) is 5.93. The molecule has 7 nitrogen and oxygen atoms in total. The van der Waals surface area contributed by atoms with Crippen molar-refractivity contribution in [3.63, 3.8) is 0 Å². The number of carbonyl (C=O) groups excluding carboxylic acids is 3. The highest BCUT2D eigenvalue weighted by molar-refractivity contribution is 5.98. The molecule has 0 fully saturated rings. The van der Waals surface area contributed by atoms with Gasteiger partial charge in [0.2, 0.25) is 5.91 Å². The highest BCUT2D eigenvalue weighted by Crippen LogP contribution is 2.20. The van der Waals surface area contributed by atoms with Crippen LogP contribution in [0.2, 0.25) is 0 Å². The monoisotopic (exact) mass is 417 g/mol. The van der Waals surface area contributed by atoms with Crippen molar-refractivity contribution in [3.05, 3.63) is 95.6 Å². The van der Waals surface area contributed by atoms with Gasteiger partial charge in [-0.2, -0.15) is 0 Å². The Morgan fingerprint density at radius 3 is 2.23 bits per heavy atom. The predicted octanol–water partition coefficient (Wildman–Crippen LogP) is 3.12. The standard InChI is InChI=1S/C24H23N3O4/c1-16(23(29)27-19-13-11-18(12-14-19)22(25)28)31-21-10-6-5-9-20(21)24(30)26-15-17-7-3-2-4-8-17/h2-14,16H,15H2,1H3,(H2,25,28)(H,26,30)(H,27,29)/t16-/m1/s1. The van der Waals surface area contributed by atoms with Crippen LogP contribution in [-0.4, -0.2) is 23.8 Å². The molecule has 3 aromatic carbocycles. The van der Waals surface area contributed by atoms with Crippen LogP contribution in [0, 0.1) is 0 Å². The number of primary amides is 1. The smallest absolute Gasteiger partial charge is 0.265 e. The van der Waals surface area contributed by atoms with E-state index in [1.54, 1.807) is 43.3 Å². The van der Waals surface area contributed by atoms with Crippen molar-refractivity contribution >= 4 is 23.4 Å². The van der Waals surface area contributed by atoms with Crippen molar-refractivity contribution in [2.75, 3.05) is 5.32 Å². The lowest BCUT2D eigenvalue weighted by molar-refractivity contribution is -0.122. The van der Waals surface area contributed by atoms with E-state index < -0.39 is 17.9 Å². The molecular formula is C24H23N3O4. The van der Waals surface area contributed by atoms with Gasteiger partial charge in [-0.1, -0.05) is 42.5 Å². The van der Waals surface area contributed by atoms with Gasteiger partial charge in [0, 0.05) is 17.8 Å². The fourth-order valence-corrected chi connectivity index (χ4v) is 2.84. The molecule has 0 aliphatic carbocycles. The first-order valence-electron chi connectivity index (χ1n) is 9.72. The number of hydrogen-bond donors (Lipinski definition) is 3. The second kappa shape index (κ2) is 10.1. The minimum atomic E-state index is -0.862. The Morgan fingerprint density at radius 2 is 1.55 bits per heavy atom. The molecule has 0 bridgehead atoms. The van der Waals surface area contributed by atoms with E-state index >= 15 is 0 Å². The molecule has 0 radical (unpaired) electrons. The van der Waals surface area contributed by atoms with E-state index in [9.17, 15) is 14.4 Å². The van der Waals surface area contributed by atoms with Gasteiger partial charge >= 0.3 is 0 Å². The molecule has 31 heavy (non-hydrogen) atoms. The summed E-state index contributed by atoms with van der Waals surface area (Å²) in [4.78, 5) is 36.3. The van der Waals surface area contributed by atoms with Crippen LogP contribution >= 0.6 is 0 Å². The largest absolute Gasteiger partial charge is 0.480 e. The second-order valence-corrected chi connectivity index (χ2v) is 6.86. The van der Waals surface area contributed by atoms with Crippen molar-refractivity contribution in [2.24, 2.45) is 5.73 Å². The maximum Gasteiger partial charge on any atom is 0.265 e. The molecule has 3 amide bonds. The van der Waals surface area contributed by atoms with Crippen LogP contribution in [-0.2, 0) is 11.3 Å². The number of nitrogens with two attached hydrogens (primary N) is 1. The van der Waals surface area contributed by atoms with Crippen molar-refractivity contribution in [3.8, 4) is 5.75 Å². The van der Waals surface area contributed by atoms with Crippen LogP contribution < -0.4 is 21.1 Å². The fourth-order valence-electron chi connectivity index (χ4n) is 2.84. The Hall–Kier alpha value is -4.13. The predicted molar refractivity (Wildman–Crippen MR) is 118 cm³/mol. The maximum atomic E-state index is 12.6. The first-order chi connectivity index (χ1) is 14.9. The van der Waals surface area contributed by atoms with E-state index in [1.807, 2.05) is 30.3 Å². The highest BCUT2D eigenvalue weighted by atomic mass is 16.5. The molecule has 4 N–H and O–H groups in total. The molecule has 0 saturated carbocycles. The van der Waals surface area contributed by atoms with Crippen molar-refractivity contribution < 1.29 is 19.1 Å². The minimum Gasteiger partial charge on any atom is -0.480 e. The Balaban J connectivity index is 1.63. The third-order valence-corrected chi connectivity index (χ3v) is 4.54. The number of para-hydroxylation sites is 1. The third-order valence-electron chi connectivity index (χ3n) is 4.54. The van der Waals surface area contributed by atoms with E-state index in [4.69, 9.17) is 10.5 Å². The number of carbonyl (C=O) groups is 3. The Morgan fingerprint density at radius 1 is 0.903 bits per heavy atom. The van der Waals surface area contributed by atoms with E-state index in [2.05, 4.69) is 10.6 Å². The molecule has 0 aromatic heterocycles. The second-order valence-electron chi connectivity index (χ2n) is 6.86.